The quantitative estimate of drug-likeness (QED) is 0.801. The third kappa shape index (κ3) is 2.70. The molecule has 0 aromatic carbocycles. The van der Waals surface area contributed by atoms with Gasteiger partial charge in [0.05, 0.1) is 5.56 Å². The largest absolute Gasteiger partial charge is 0.353 e. The summed E-state index contributed by atoms with van der Waals surface area (Å²) < 4.78 is 0. The second-order valence-corrected chi connectivity index (χ2v) is 5.96. The van der Waals surface area contributed by atoms with Crippen molar-refractivity contribution in [1.29, 1.82) is 5.26 Å². The maximum Gasteiger partial charge on any atom is 0.146 e. The van der Waals surface area contributed by atoms with Crippen molar-refractivity contribution >= 4 is 16.9 Å². The van der Waals surface area contributed by atoms with E-state index >= 15 is 0 Å². The Hall–Kier alpha value is -2.91. The van der Waals surface area contributed by atoms with Gasteiger partial charge in [-0.2, -0.15) is 5.26 Å². The Morgan fingerprint density at radius 1 is 1.08 bits per heavy atom. The van der Waals surface area contributed by atoms with E-state index in [0.29, 0.717) is 5.56 Å². The number of hydrogen-bond donors (Lipinski definition) is 1. The van der Waals surface area contributed by atoms with Crippen LogP contribution in [-0.4, -0.2) is 46.0 Å². The lowest BCUT2D eigenvalue weighted by atomic mass is 10.2. The van der Waals surface area contributed by atoms with E-state index in [-0.39, 0.29) is 0 Å². The normalized spacial score (nSPS) is 15.5. The van der Waals surface area contributed by atoms with Crippen molar-refractivity contribution in [1.82, 2.24) is 19.9 Å². The lowest BCUT2D eigenvalue weighted by molar-refractivity contribution is 0.250. The fraction of sp³-hybridized carbons (Fsp3) is 0.278. The molecule has 0 amide bonds. The smallest absolute Gasteiger partial charge is 0.146 e. The van der Waals surface area contributed by atoms with E-state index in [1.165, 1.54) is 10.9 Å². The van der Waals surface area contributed by atoms with Gasteiger partial charge < -0.3 is 9.88 Å². The maximum absolute atomic E-state index is 9.24. The Balaban J connectivity index is 1.44. The predicted molar refractivity (Wildman–Crippen MR) is 92.5 cm³/mol. The molecule has 0 atom stereocenters. The molecule has 0 saturated carbocycles. The van der Waals surface area contributed by atoms with Crippen LogP contribution in [0, 0.1) is 11.3 Å². The third-order valence-electron chi connectivity index (χ3n) is 4.51. The molecule has 3 aromatic heterocycles. The number of pyridine rings is 2. The molecule has 0 unspecified atom stereocenters. The van der Waals surface area contributed by atoms with E-state index in [1.54, 1.807) is 12.4 Å². The molecule has 24 heavy (non-hydrogen) atoms. The number of rotatable bonds is 3. The lowest BCUT2D eigenvalue weighted by Gasteiger charge is -2.35. The Kier molecular flexibility index (Phi) is 3.85. The van der Waals surface area contributed by atoms with Crippen molar-refractivity contribution in [2.75, 3.05) is 31.1 Å². The molecule has 1 fully saturated rings. The minimum atomic E-state index is 0.647. The fourth-order valence-corrected chi connectivity index (χ4v) is 3.24. The molecule has 4 rings (SSSR count). The molecular weight excluding hydrogens is 300 g/mol. The Labute approximate surface area is 140 Å². The first kappa shape index (κ1) is 14.7. The number of aromatic amines is 1. The minimum Gasteiger partial charge on any atom is -0.353 e. The Bertz CT molecular complexity index is 886. The van der Waals surface area contributed by atoms with Crippen LogP contribution < -0.4 is 4.90 Å². The fourth-order valence-electron chi connectivity index (χ4n) is 3.24. The van der Waals surface area contributed by atoms with Crippen molar-refractivity contribution < 1.29 is 0 Å². The molecule has 1 aliphatic rings. The van der Waals surface area contributed by atoms with E-state index in [9.17, 15) is 5.26 Å². The van der Waals surface area contributed by atoms with Crippen LogP contribution in [0.5, 0.6) is 0 Å². The van der Waals surface area contributed by atoms with Crippen LogP contribution in [0.1, 0.15) is 11.1 Å². The zero-order valence-electron chi connectivity index (χ0n) is 13.3. The van der Waals surface area contributed by atoms with Crippen LogP contribution in [0.3, 0.4) is 0 Å². The van der Waals surface area contributed by atoms with E-state index in [2.05, 4.69) is 43.1 Å². The van der Waals surface area contributed by atoms with Crippen molar-refractivity contribution in [3.05, 3.63) is 54.0 Å². The van der Waals surface area contributed by atoms with Gasteiger partial charge in [0.2, 0.25) is 0 Å². The zero-order chi connectivity index (χ0) is 16.4. The monoisotopic (exact) mass is 318 g/mol. The van der Waals surface area contributed by atoms with Gasteiger partial charge in [-0.1, -0.05) is 0 Å². The van der Waals surface area contributed by atoms with Gasteiger partial charge >= 0.3 is 0 Å². The first-order chi connectivity index (χ1) is 11.8. The summed E-state index contributed by atoms with van der Waals surface area (Å²) in [4.78, 5) is 16.6. The van der Waals surface area contributed by atoms with Crippen molar-refractivity contribution in [3.63, 3.8) is 0 Å². The number of anilines is 1. The molecule has 0 radical (unpaired) electrons. The van der Waals surface area contributed by atoms with Crippen molar-refractivity contribution in [2.45, 2.75) is 6.54 Å². The van der Waals surface area contributed by atoms with E-state index < -0.39 is 0 Å². The van der Waals surface area contributed by atoms with Crippen molar-refractivity contribution in [3.8, 4) is 6.07 Å². The van der Waals surface area contributed by atoms with Gasteiger partial charge in [-0.05, 0) is 29.8 Å². The van der Waals surface area contributed by atoms with Crippen LogP contribution >= 0.6 is 0 Å². The SMILES string of the molecule is N#Cc1cccnc1N1CCN(Cc2c[nH]c3ncccc23)CC1. The van der Waals surface area contributed by atoms with Crippen LogP contribution in [0.4, 0.5) is 5.82 Å². The van der Waals surface area contributed by atoms with Gasteiger partial charge in [0.25, 0.3) is 0 Å². The maximum atomic E-state index is 9.24. The summed E-state index contributed by atoms with van der Waals surface area (Å²) in [5.74, 6) is 0.802. The molecule has 120 valence electrons. The molecule has 6 heteroatoms. The molecule has 0 spiro atoms. The van der Waals surface area contributed by atoms with Crippen LogP contribution in [-0.2, 0) is 6.54 Å². The Morgan fingerprint density at radius 2 is 1.88 bits per heavy atom. The molecule has 1 saturated heterocycles. The summed E-state index contributed by atoms with van der Waals surface area (Å²) in [6, 6.07) is 9.95. The molecule has 0 bridgehead atoms. The summed E-state index contributed by atoms with van der Waals surface area (Å²) in [5, 5.41) is 10.4. The standard InChI is InChI=1S/C18H18N6/c19-11-14-3-1-6-21-18(14)24-9-7-23(8-10-24)13-15-12-22-17-16(15)4-2-5-20-17/h1-6,12H,7-10,13H2,(H,20,22). The van der Waals surface area contributed by atoms with Crippen molar-refractivity contribution in [2.24, 2.45) is 0 Å². The molecular formula is C18H18N6. The molecule has 6 nitrogen and oxygen atoms in total. The molecule has 4 heterocycles. The number of nitriles is 1. The summed E-state index contributed by atoms with van der Waals surface area (Å²) in [5.41, 5.74) is 2.87. The van der Waals surface area contributed by atoms with Gasteiger partial charge in [0, 0.05) is 56.7 Å². The number of nitrogens with zero attached hydrogens (tertiary/aromatic N) is 5. The summed E-state index contributed by atoms with van der Waals surface area (Å²) in [6.07, 6.45) is 5.61. The van der Waals surface area contributed by atoms with E-state index in [1.807, 2.05) is 18.2 Å². The highest BCUT2D eigenvalue weighted by Crippen LogP contribution is 2.21. The van der Waals surface area contributed by atoms with E-state index in [0.717, 1.165) is 44.2 Å². The average molecular weight is 318 g/mol. The van der Waals surface area contributed by atoms with Gasteiger partial charge in [0.1, 0.15) is 17.5 Å². The number of fused-ring (bicyclic) bond motifs is 1. The van der Waals surface area contributed by atoms with Gasteiger partial charge in [-0.3, -0.25) is 4.90 Å². The van der Waals surface area contributed by atoms with Gasteiger partial charge in [-0.15, -0.1) is 0 Å². The van der Waals surface area contributed by atoms with Gasteiger partial charge in [-0.25, -0.2) is 9.97 Å². The first-order valence-corrected chi connectivity index (χ1v) is 8.08. The Morgan fingerprint density at radius 3 is 2.71 bits per heavy atom. The molecule has 1 aliphatic heterocycles. The van der Waals surface area contributed by atoms with Crippen LogP contribution in [0.2, 0.25) is 0 Å². The average Bonchev–Trinajstić information content (AvgIpc) is 3.05. The summed E-state index contributed by atoms with van der Waals surface area (Å²) >= 11 is 0. The minimum absolute atomic E-state index is 0.647. The highest BCUT2D eigenvalue weighted by atomic mass is 15.3. The highest BCUT2D eigenvalue weighted by Gasteiger charge is 2.20. The number of aromatic nitrogens is 3. The highest BCUT2D eigenvalue weighted by molar-refractivity contribution is 5.79. The number of nitrogens with one attached hydrogen (secondary N) is 1. The number of H-pyrrole nitrogens is 1. The summed E-state index contributed by atoms with van der Waals surface area (Å²) in [7, 11) is 0. The molecule has 3 aromatic rings. The first-order valence-electron chi connectivity index (χ1n) is 8.08. The number of hydrogen-bond acceptors (Lipinski definition) is 5. The second-order valence-electron chi connectivity index (χ2n) is 5.96. The topological polar surface area (TPSA) is 71.8 Å². The van der Waals surface area contributed by atoms with Gasteiger partial charge in [0.15, 0.2) is 0 Å². The molecule has 1 N–H and O–H groups in total. The van der Waals surface area contributed by atoms with Crippen LogP contribution in [0.15, 0.2) is 42.9 Å². The predicted octanol–water partition coefficient (Wildman–Crippen LogP) is 2.15. The second kappa shape index (κ2) is 6.30. The number of piperazine rings is 1. The summed E-state index contributed by atoms with van der Waals surface area (Å²) in [6.45, 7) is 4.58. The third-order valence-corrected chi connectivity index (χ3v) is 4.51. The zero-order valence-corrected chi connectivity index (χ0v) is 13.3. The van der Waals surface area contributed by atoms with Crippen LogP contribution in [0.25, 0.3) is 11.0 Å². The van der Waals surface area contributed by atoms with E-state index in [4.69, 9.17) is 0 Å². The lowest BCUT2D eigenvalue weighted by Crippen LogP contribution is -2.46. The molecule has 0 aliphatic carbocycles.